The molecule has 0 atom stereocenters. The quantitative estimate of drug-likeness (QED) is 0.793. The van der Waals surface area contributed by atoms with Gasteiger partial charge in [0.25, 0.3) is 0 Å². The van der Waals surface area contributed by atoms with Crippen molar-refractivity contribution in [1.82, 2.24) is 4.90 Å². The van der Waals surface area contributed by atoms with Crippen molar-refractivity contribution in [2.45, 2.75) is 9.79 Å². The van der Waals surface area contributed by atoms with Gasteiger partial charge in [0.1, 0.15) is 5.82 Å². The van der Waals surface area contributed by atoms with E-state index in [0.29, 0.717) is 0 Å². The highest BCUT2D eigenvalue weighted by molar-refractivity contribution is 7.99. The second-order valence-electron chi connectivity index (χ2n) is 4.79. The number of nitrogens with zero attached hydrogens (tertiary/aromatic N) is 1. The SMILES string of the molecule is CN(C)CC=Cc1ccc(Sc2ccc(F)cc2)cc1. The molecule has 2 aromatic carbocycles. The van der Waals surface area contributed by atoms with Gasteiger partial charge in [-0.25, -0.2) is 4.39 Å². The summed E-state index contributed by atoms with van der Waals surface area (Å²) < 4.78 is 12.8. The summed E-state index contributed by atoms with van der Waals surface area (Å²) in [5, 5.41) is 0. The Hall–Kier alpha value is -1.58. The van der Waals surface area contributed by atoms with Gasteiger partial charge in [-0.1, -0.05) is 36.0 Å². The molecule has 0 aliphatic heterocycles. The Morgan fingerprint density at radius 3 is 2.05 bits per heavy atom. The summed E-state index contributed by atoms with van der Waals surface area (Å²) in [4.78, 5) is 4.32. The molecule has 0 fully saturated rings. The highest BCUT2D eigenvalue weighted by Crippen LogP contribution is 2.27. The number of likely N-dealkylation sites (N-methyl/N-ethyl adjacent to an activating group) is 1. The lowest BCUT2D eigenvalue weighted by molar-refractivity contribution is 0.457. The van der Waals surface area contributed by atoms with E-state index < -0.39 is 0 Å². The van der Waals surface area contributed by atoms with Crippen molar-refractivity contribution in [3.8, 4) is 0 Å². The lowest BCUT2D eigenvalue weighted by atomic mass is 10.2. The molecule has 0 aliphatic rings. The van der Waals surface area contributed by atoms with Gasteiger partial charge < -0.3 is 4.90 Å². The molecule has 0 N–H and O–H groups in total. The van der Waals surface area contributed by atoms with Crippen LogP contribution in [0.25, 0.3) is 6.08 Å². The first-order valence-electron chi connectivity index (χ1n) is 6.48. The van der Waals surface area contributed by atoms with Crippen LogP contribution in [0.3, 0.4) is 0 Å². The summed E-state index contributed by atoms with van der Waals surface area (Å²) in [6.45, 7) is 0.937. The fraction of sp³-hybridized carbons (Fsp3) is 0.176. The molecular formula is C17H18FNS. The van der Waals surface area contributed by atoms with E-state index >= 15 is 0 Å². The van der Waals surface area contributed by atoms with E-state index in [-0.39, 0.29) is 5.82 Å². The average Bonchev–Trinajstić information content (AvgIpc) is 2.43. The molecule has 0 heterocycles. The molecule has 20 heavy (non-hydrogen) atoms. The van der Waals surface area contributed by atoms with Gasteiger partial charge in [-0.15, -0.1) is 0 Å². The fourth-order valence-electron chi connectivity index (χ4n) is 1.69. The third-order valence-electron chi connectivity index (χ3n) is 2.71. The van der Waals surface area contributed by atoms with Gasteiger partial charge in [-0.3, -0.25) is 0 Å². The summed E-state index contributed by atoms with van der Waals surface area (Å²) >= 11 is 1.63. The van der Waals surface area contributed by atoms with Crippen LogP contribution >= 0.6 is 11.8 Å². The number of benzene rings is 2. The zero-order chi connectivity index (χ0) is 14.4. The molecule has 0 saturated carbocycles. The molecule has 0 unspecified atom stereocenters. The number of halogens is 1. The molecule has 0 bridgehead atoms. The summed E-state index contributed by atoms with van der Waals surface area (Å²) in [5.41, 5.74) is 1.19. The molecule has 1 nitrogen and oxygen atoms in total. The van der Waals surface area contributed by atoms with Crippen LogP contribution in [0.5, 0.6) is 0 Å². The van der Waals surface area contributed by atoms with Gasteiger partial charge in [0.2, 0.25) is 0 Å². The van der Waals surface area contributed by atoms with Crippen molar-refractivity contribution in [1.29, 1.82) is 0 Å². The average molecular weight is 287 g/mol. The molecule has 3 heteroatoms. The third kappa shape index (κ3) is 4.83. The van der Waals surface area contributed by atoms with Crippen LogP contribution in [-0.2, 0) is 0 Å². The number of hydrogen-bond donors (Lipinski definition) is 0. The van der Waals surface area contributed by atoms with Crippen molar-refractivity contribution >= 4 is 17.8 Å². The van der Waals surface area contributed by atoms with E-state index in [0.717, 1.165) is 16.3 Å². The Bertz CT molecular complexity index is 559. The minimum atomic E-state index is -0.198. The molecule has 2 rings (SSSR count). The predicted octanol–water partition coefficient (Wildman–Crippen LogP) is 4.55. The van der Waals surface area contributed by atoms with E-state index in [2.05, 4.69) is 41.3 Å². The van der Waals surface area contributed by atoms with Crippen molar-refractivity contribution < 1.29 is 4.39 Å². The first-order valence-corrected chi connectivity index (χ1v) is 7.30. The monoisotopic (exact) mass is 287 g/mol. The van der Waals surface area contributed by atoms with Gasteiger partial charge in [0, 0.05) is 16.3 Å². The van der Waals surface area contributed by atoms with E-state index in [1.54, 1.807) is 23.9 Å². The zero-order valence-electron chi connectivity index (χ0n) is 11.7. The summed E-state index contributed by atoms with van der Waals surface area (Å²) in [5.74, 6) is -0.198. The summed E-state index contributed by atoms with van der Waals surface area (Å²) in [7, 11) is 4.10. The topological polar surface area (TPSA) is 3.24 Å². The Labute approximate surface area is 124 Å². The van der Waals surface area contributed by atoms with Crippen LogP contribution in [0.4, 0.5) is 4.39 Å². The first-order chi connectivity index (χ1) is 9.63. The van der Waals surface area contributed by atoms with Crippen LogP contribution in [0.1, 0.15) is 5.56 Å². The second-order valence-corrected chi connectivity index (χ2v) is 5.94. The highest BCUT2D eigenvalue weighted by Gasteiger charge is 1.98. The van der Waals surface area contributed by atoms with E-state index in [1.165, 1.54) is 17.7 Å². The smallest absolute Gasteiger partial charge is 0.123 e. The van der Waals surface area contributed by atoms with Gasteiger partial charge in [-0.05, 0) is 56.1 Å². The number of hydrogen-bond acceptors (Lipinski definition) is 2. The van der Waals surface area contributed by atoms with Crippen LogP contribution in [0.15, 0.2) is 64.4 Å². The zero-order valence-corrected chi connectivity index (χ0v) is 12.5. The standard InChI is InChI=1S/C17H18FNS/c1-19(2)13-3-4-14-5-9-16(10-6-14)20-17-11-7-15(18)8-12-17/h3-12H,13H2,1-2H3. The Kier molecular flexibility index (Phi) is 5.39. The minimum Gasteiger partial charge on any atom is -0.306 e. The third-order valence-corrected chi connectivity index (χ3v) is 3.73. The van der Waals surface area contributed by atoms with Crippen LogP contribution in [-0.4, -0.2) is 25.5 Å². The normalized spacial score (nSPS) is 11.4. The highest BCUT2D eigenvalue weighted by atomic mass is 32.2. The van der Waals surface area contributed by atoms with Crippen LogP contribution in [0.2, 0.25) is 0 Å². The van der Waals surface area contributed by atoms with Gasteiger partial charge in [0.05, 0.1) is 0 Å². The van der Waals surface area contributed by atoms with Gasteiger partial charge in [0.15, 0.2) is 0 Å². The molecular weight excluding hydrogens is 269 g/mol. The van der Waals surface area contributed by atoms with Gasteiger partial charge in [-0.2, -0.15) is 0 Å². The largest absolute Gasteiger partial charge is 0.306 e. The Morgan fingerprint density at radius 1 is 0.950 bits per heavy atom. The molecule has 2 aromatic rings. The van der Waals surface area contributed by atoms with Crippen molar-refractivity contribution in [3.05, 3.63) is 66.0 Å². The summed E-state index contributed by atoms with van der Waals surface area (Å²) in [6.07, 6.45) is 4.26. The lowest BCUT2D eigenvalue weighted by Gasteiger charge is -2.04. The van der Waals surface area contributed by atoms with E-state index in [4.69, 9.17) is 0 Å². The molecule has 0 spiro atoms. The minimum absolute atomic E-state index is 0.198. The van der Waals surface area contributed by atoms with Crippen molar-refractivity contribution in [2.75, 3.05) is 20.6 Å². The molecule has 104 valence electrons. The van der Waals surface area contributed by atoms with Crippen molar-refractivity contribution in [2.24, 2.45) is 0 Å². The van der Waals surface area contributed by atoms with Crippen LogP contribution < -0.4 is 0 Å². The molecule has 0 amide bonds. The maximum atomic E-state index is 12.8. The molecule has 0 aromatic heterocycles. The first kappa shape index (κ1) is 14.8. The Morgan fingerprint density at radius 2 is 1.50 bits per heavy atom. The van der Waals surface area contributed by atoms with Crippen molar-refractivity contribution in [3.63, 3.8) is 0 Å². The second kappa shape index (κ2) is 7.27. The van der Waals surface area contributed by atoms with E-state index in [1.807, 2.05) is 14.1 Å². The maximum absolute atomic E-state index is 12.8. The lowest BCUT2D eigenvalue weighted by Crippen LogP contribution is -2.10. The van der Waals surface area contributed by atoms with E-state index in [9.17, 15) is 4.39 Å². The molecule has 0 saturated heterocycles. The number of rotatable bonds is 5. The summed E-state index contributed by atoms with van der Waals surface area (Å²) in [6, 6.07) is 14.9. The maximum Gasteiger partial charge on any atom is 0.123 e. The predicted molar refractivity (Wildman–Crippen MR) is 84.6 cm³/mol. The molecule has 0 aliphatic carbocycles. The van der Waals surface area contributed by atoms with Crippen LogP contribution in [0, 0.1) is 5.82 Å². The Balaban J connectivity index is 1.97. The molecule has 0 radical (unpaired) electrons. The van der Waals surface area contributed by atoms with Gasteiger partial charge >= 0.3 is 0 Å². The fourth-order valence-corrected chi connectivity index (χ4v) is 2.50.